The Morgan fingerprint density at radius 1 is 1.06 bits per heavy atom. The van der Waals surface area contributed by atoms with Gasteiger partial charge in [-0.05, 0) is 105 Å². The Labute approximate surface area is 231 Å². The van der Waals surface area contributed by atoms with Crippen LogP contribution in [0.5, 0.6) is 5.75 Å². The predicted octanol–water partition coefficient (Wildman–Crippen LogP) is 8.09. The molecule has 162 valence electrons. The molecule has 0 bridgehead atoms. The molecule has 0 atom stereocenters. The van der Waals surface area contributed by atoms with Crippen LogP contribution in [0.3, 0.4) is 0 Å². The first-order valence-electron chi connectivity index (χ1n) is 9.01. The molecule has 0 aliphatic rings. The Kier molecular flexibility index (Phi) is 9.25. The van der Waals surface area contributed by atoms with E-state index in [1.54, 1.807) is 12.1 Å². The number of anilines is 1. The van der Waals surface area contributed by atoms with Gasteiger partial charge in [-0.3, -0.25) is 4.79 Å². The molecule has 0 fully saturated rings. The van der Waals surface area contributed by atoms with E-state index in [1.165, 1.54) is 12.1 Å². The molecule has 0 heterocycles. The molecule has 9 heteroatoms. The molecule has 0 radical (unpaired) electrons. The molecule has 0 aliphatic carbocycles. The van der Waals surface area contributed by atoms with E-state index >= 15 is 0 Å². The Balaban J connectivity index is 1.77. The summed E-state index contributed by atoms with van der Waals surface area (Å²) in [5.41, 5.74) is 2.18. The number of hydrogen-bond donors (Lipinski definition) is 1. The van der Waals surface area contributed by atoms with E-state index in [9.17, 15) is 10.1 Å². The fourth-order valence-electron chi connectivity index (χ4n) is 2.62. The highest BCUT2D eigenvalue weighted by Crippen LogP contribution is 2.31. The van der Waals surface area contributed by atoms with Crippen LogP contribution in [0, 0.1) is 18.5 Å². The minimum absolute atomic E-state index is 0.0359. The molecule has 0 saturated heterocycles. The summed E-state index contributed by atoms with van der Waals surface area (Å²) >= 11 is 19.7. The van der Waals surface area contributed by atoms with Crippen LogP contribution in [0.15, 0.2) is 64.6 Å². The van der Waals surface area contributed by atoms with Gasteiger partial charge in [0.2, 0.25) is 0 Å². The highest BCUT2D eigenvalue weighted by atomic mass is 127. The van der Waals surface area contributed by atoms with Crippen LogP contribution >= 0.6 is 84.3 Å². The highest BCUT2D eigenvalue weighted by molar-refractivity contribution is 14.1. The Morgan fingerprint density at radius 3 is 2.31 bits per heavy atom. The zero-order chi connectivity index (χ0) is 23.3. The third-order valence-corrected chi connectivity index (χ3v) is 7.04. The van der Waals surface area contributed by atoms with Gasteiger partial charge in [0.25, 0.3) is 5.91 Å². The van der Waals surface area contributed by atoms with Gasteiger partial charge in [-0.25, -0.2) is 0 Å². The second-order valence-electron chi connectivity index (χ2n) is 6.48. The number of halogens is 5. The largest absolute Gasteiger partial charge is 0.487 e. The fraction of sp³-hybridized carbons (Fsp3) is 0.0435. The second kappa shape index (κ2) is 11.7. The maximum absolute atomic E-state index is 12.6. The zero-order valence-corrected chi connectivity index (χ0v) is 23.5. The van der Waals surface area contributed by atoms with Crippen molar-refractivity contribution in [2.75, 3.05) is 5.32 Å². The average molecular weight is 754 g/mol. The smallest absolute Gasteiger partial charge is 0.266 e. The van der Waals surface area contributed by atoms with E-state index in [0.717, 1.165) is 28.5 Å². The van der Waals surface area contributed by atoms with Gasteiger partial charge in [0, 0.05) is 10.2 Å². The summed E-state index contributed by atoms with van der Waals surface area (Å²) in [5.74, 6) is 0.219. The molecule has 1 amide bonds. The van der Waals surface area contributed by atoms with Crippen molar-refractivity contribution in [3.63, 3.8) is 0 Å². The van der Waals surface area contributed by atoms with Crippen molar-refractivity contribution in [1.82, 2.24) is 0 Å². The molecule has 0 aromatic heterocycles. The molecule has 0 saturated carbocycles. The molecule has 32 heavy (non-hydrogen) atoms. The Bertz CT molecular complexity index is 1220. The molecule has 0 unspecified atom stereocenters. The van der Waals surface area contributed by atoms with Gasteiger partial charge in [0.05, 0.1) is 17.2 Å². The number of carbonyl (C=O) groups is 1. The van der Waals surface area contributed by atoms with Crippen molar-refractivity contribution in [3.05, 3.63) is 93.0 Å². The van der Waals surface area contributed by atoms with Crippen LogP contribution in [0.1, 0.15) is 11.1 Å². The number of nitriles is 1. The van der Waals surface area contributed by atoms with Crippen molar-refractivity contribution in [3.8, 4) is 11.8 Å². The van der Waals surface area contributed by atoms with E-state index in [2.05, 4.69) is 66.4 Å². The lowest BCUT2D eigenvalue weighted by Gasteiger charge is -2.12. The number of amides is 1. The molecule has 3 aromatic rings. The van der Waals surface area contributed by atoms with E-state index in [4.69, 9.17) is 27.9 Å². The summed E-state index contributed by atoms with van der Waals surface area (Å²) in [7, 11) is 0. The summed E-state index contributed by atoms with van der Waals surface area (Å²) in [6.07, 6.45) is 1.54. The summed E-state index contributed by atoms with van der Waals surface area (Å²) < 4.78 is 8.77. The monoisotopic (exact) mass is 752 g/mol. The first-order valence-corrected chi connectivity index (χ1v) is 12.7. The predicted molar refractivity (Wildman–Crippen MR) is 149 cm³/mol. The molecule has 4 nitrogen and oxygen atoms in total. The molecule has 1 N–H and O–H groups in total. The Hall–Kier alpha value is -1.32. The number of benzene rings is 3. The van der Waals surface area contributed by atoms with Crippen LogP contribution < -0.4 is 10.1 Å². The van der Waals surface area contributed by atoms with E-state index in [-0.39, 0.29) is 5.57 Å². The van der Waals surface area contributed by atoms with Gasteiger partial charge < -0.3 is 10.1 Å². The molecular weight excluding hydrogens is 741 g/mol. The zero-order valence-electron chi connectivity index (χ0n) is 16.1. The number of rotatable bonds is 6. The van der Waals surface area contributed by atoms with Crippen molar-refractivity contribution < 1.29 is 9.53 Å². The SMILES string of the molecule is N#C/C(=C\c1cc(I)c(OCc2ccc(Br)cc2)c(I)c1)C(=O)Nc1ccc(Cl)c(Cl)c1. The number of nitrogens with one attached hydrogen (secondary N) is 1. The molecule has 3 rings (SSSR count). The standard InChI is InChI=1S/C23H13BrCl2I2N2O2/c24-16-3-1-13(2-4-16)12-32-22-20(27)8-14(9-21(22)28)7-15(11-29)23(31)30-17-5-6-18(25)19(26)10-17/h1-10H,12H2,(H,30,31)/b15-7+. The highest BCUT2D eigenvalue weighted by Gasteiger charge is 2.13. The quantitative estimate of drug-likeness (QED) is 0.157. The Morgan fingerprint density at radius 2 is 1.72 bits per heavy atom. The normalized spacial score (nSPS) is 11.1. The number of ether oxygens (including phenoxy) is 1. The number of carbonyl (C=O) groups excluding carboxylic acids is 1. The molecular formula is C23H13BrCl2I2N2O2. The fourth-order valence-corrected chi connectivity index (χ4v) is 5.31. The van der Waals surface area contributed by atoms with E-state index < -0.39 is 5.91 Å². The molecule has 0 spiro atoms. The van der Waals surface area contributed by atoms with Crippen LogP contribution in [0.25, 0.3) is 6.08 Å². The van der Waals surface area contributed by atoms with Gasteiger partial charge >= 0.3 is 0 Å². The third kappa shape index (κ3) is 6.84. The maximum atomic E-state index is 12.6. The van der Waals surface area contributed by atoms with E-state index in [1.807, 2.05) is 42.5 Å². The van der Waals surface area contributed by atoms with Gasteiger partial charge in [0.1, 0.15) is 24.0 Å². The molecule has 0 aliphatic heterocycles. The van der Waals surface area contributed by atoms with Crippen molar-refractivity contribution in [2.45, 2.75) is 6.61 Å². The van der Waals surface area contributed by atoms with Gasteiger partial charge in [0.15, 0.2) is 0 Å². The average Bonchev–Trinajstić information content (AvgIpc) is 2.75. The minimum Gasteiger partial charge on any atom is -0.487 e. The van der Waals surface area contributed by atoms with Crippen LogP contribution in [0.4, 0.5) is 5.69 Å². The topological polar surface area (TPSA) is 62.1 Å². The lowest BCUT2D eigenvalue weighted by atomic mass is 10.1. The van der Waals surface area contributed by atoms with E-state index in [0.29, 0.717) is 22.3 Å². The molecule has 3 aromatic carbocycles. The van der Waals surface area contributed by atoms with Gasteiger partial charge in [-0.1, -0.05) is 51.3 Å². The maximum Gasteiger partial charge on any atom is 0.266 e. The van der Waals surface area contributed by atoms with Crippen LogP contribution in [-0.2, 0) is 11.4 Å². The first kappa shape index (κ1) is 25.3. The number of hydrogen-bond acceptors (Lipinski definition) is 3. The summed E-state index contributed by atoms with van der Waals surface area (Å²) in [4.78, 5) is 12.6. The summed E-state index contributed by atoms with van der Waals surface area (Å²) in [6, 6.07) is 18.3. The summed E-state index contributed by atoms with van der Waals surface area (Å²) in [6.45, 7) is 0.434. The van der Waals surface area contributed by atoms with Crippen LogP contribution in [-0.4, -0.2) is 5.91 Å². The number of nitrogens with zero attached hydrogens (tertiary/aromatic N) is 1. The third-order valence-electron chi connectivity index (χ3n) is 4.17. The van der Waals surface area contributed by atoms with Crippen LogP contribution in [0.2, 0.25) is 10.0 Å². The second-order valence-corrected chi connectivity index (χ2v) is 10.5. The lowest BCUT2D eigenvalue weighted by Crippen LogP contribution is -2.13. The van der Waals surface area contributed by atoms with Crippen molar-refractivity contribution in [2.24, 2.45) is 0 Å². The lowest BCUT2D eigenvalue weighted by molar-refractivity contribution is -0.112. The first-order chi connectivity index (χ1) is 15.3. The van der Waals surface area contributed by atoms with Crippen molar-refractivity contribution >= 4 is 102 Å². The summed E-state index contributed by atoms with van der Waals surface area (Å²) in [5, 5.41) is 12.9. The van der Waals surface area contributed by atoms with Gasteiger partial charge in [-0.2, -0.15) is 5.26 Å². The minimum atomic E-state index is -0.536. The van der Waals surface area contributed by atoms with Crippen molar-refractivity contribution in [1.29, 1.82) is 5.26 Å². The van der Waals surface area contributed by atoms with Gasteiger partial charge in [-0.15, -0.1) is 0 Å².